The minimum absolute atomic E-state index is 0.286. The van der Waals surface area contributed by atoms with Gasteiger partial charge in [-0.3, -0.25) is 4.98 Å². The van der Waals surface area contributed by atoms with E-state index in [-0.39, 0.29) is 5.97 Å². The molecular formula is C37H43NO3. The van der Waals surface area contributed by atoms with Crippen molar-refractivity contribution in [3.8, 4) is 17.6 Å². The van der Waals surface area contributed by atoms with Crippen LogP contribution in [0.3, 0.4) is 0 Å². The summed E-state index contributed by atoms with van der Waals surface area (Å²) < 4.78 is 11.0. The molecule has 3 aromatic rings. The van der Waals surface area contributed by atoms with Crippen LogP contribution < -0.4 is 4.74 Å². The van der Waals surface area contributed by atoms with Gasteiger partial charge < -0.3 is 9.47 Å². The van der Waals surface area contributed by atoms with E-state index in [0.717, 1.165) is 48.3 Å². The minimum Gasteiger partial charge on any atom is -0.494 e. The van der Waals surface area contributed by atoms with Crippen LogP contribution in [0.1, 0.15) is 91.7 Å². The predicted octanol–water partition coefficient (Wildman–Crippen LogP) is 8.89. The number of pyridine rings is 1. The summed E-state index contributed by atoms with van der Waals surface area (Å²) >= 11 is 0. The molecule has 0 N–H and O–H groups in total. The van der Waals surface area contributed by atoms with Gasteiger partial charge in [-0.25, -0.2) is 4.79 Å². The van der Waals surface area contributed by atoms with Crippen molar-refractivity contribution in [2.75, 3.05) is 13.2 Å². The van der Waals surface area contributed by atoms with Crippen molar-refractivity contribution in [1.82, 2.24) is 4.98 Å². The Bertz CT molecular complexity index is 1340. The van der Waals surface area contributed by atoms with Crippen LogP contribution in [-0.4, -0.2) is 24.2 Å². The number of rotatable bonds is 15. The lowest BCUT2D eigenvalue weighted by Crippen LogP contribution is -2.05. The average molecular weight is 550 g/mol. The first-order valence-electron chi connectivity index (χ1n) is 14.7. The second-order valence-electron chi connectivity index (χ2n) is 10.5. The molecule has 0 spiro atoms. The van der Waals surface area contributed by atoms with E-state index < -0.39 is 0 Å². The van der Waals surface area contributed by atoms with Gasteiger partial charge in [0.2, 0.25) is 0 Å². The van der Waals surface area contributed by atoms with E-state index >= 15 is 0 Å². The van der Waals surface area contributed by atoms with Crippen LogP contribution in [0.15, 0.2) is 73.1 Å². The van der Waals surface area contributed by atoms with Crippen LogP contribution >= 0.6 is 0 Å². The number of ether oxygens (including phenoxy) is 2. The zero-order valence-electron chi connectivity index (χ0n) is 24.9. The van der Waals surface area contributed by atoms with Crippen molar-refractivity contribution in [2.24, 2.45) is 0 Å². The number of carbonyl (C=O) groups is 1. The highest BCUT2D eigenvalue weighted by molar-refractivity contribution is 5.86. The van der Waals surface area contributed by atoms with E-state index in [1.54, 1.807) is 19.3 Å². The third-order valence-electron chi connectivity index (χ3n) is 6.86. The van der Waals surface area contributed by atoms with Gasteiger partial charge in [-0.2, -0.15) is 0 Å². The second kappa shape index (κ2) is 17.6. The van der Waals surface area contributed by atoms with Gasteiger partial charge in [-0.1, -0.05) is 75.2 Å². The average Bonchev–Trinajstić information content (AvgIpc) is 2.98. The molecule has 0 saturated heterocycles. The normalized spacial score (nSPS) is 10.7. The third kappa shape index (κ3) is 11.9. The van der Waals surface area contributed by atoms with Crippen molar-refractivity contribution in [2.45, 2.75) is 72.1 Å². The van der Waals surface area contributed by atoms with Gasteiger partial charge in [0.15, 0.2) is 0 Å². The molecule has 0 aliphatic rings. The van der Waals surface area contributed by atoms with Crippen LogP contribution in [0.4, 0.5) is 0 Å². The van der Waals surface area contributed by atoms with E-state index in [1.165, 1.54) is 48.8 Å². The Morgan fingerprint density at radius 2 is 1.44 bits per heavy atom. The summed E-state index contributed by atoms with van der Waals surface area (Å²) in [6.45, 7) is 10.7. The number of aryl methyl sites for hydroxylation is 2. The van der Waals surface area contributed by atoms with Crippen LogP contribution in [0, 0.1) is 25.7 Å². The molecule has 3 rings (SSSR count). The maximum atomic E-state index is 11.3. The Kier molecular flexibility index (Phi) is 13.5. The van der Waals surface area contributed by atoms with Crippen LogP contribution in [0.25, 0.3) is 12.2 Å². The number of hydrogen-bond acceptors (Lipinski definition) is 4. The van der Waals surface area contributed by atoms with Gasteiger partial charge in [0.05, 0.1) is 13.2 Å². The van der Waals surface area contributed by atoms with E-state index in [1.807, 2.05) is 36.4 Å². The number of aromatic nitrogens is 1. The summed E-state index contributed by atoms with van der Waals surface area (Å²) in [7, 11) is 0. The summed E-state index contributed by atoms with van der Waals surface area (Å²) in [6, 6.07) is 16.4. The van der Waals surface area contributed by atoms with Gasteiger partial charge in [-0.05, 0) is 98.3 Å². The lowest BCUT2D eigenvalue weighted by Gasteiger charge is -2.07. The molecule has 0 saturated carbocycles. The molecule has 1 aromatic heterocycles. The molecule has 2 aromatic carbocycles. The van der Waals surface area contributed by atoms with Gasteiger partial charge >= 0.3 is 5.97 Å². The van der Waals surface area contributed by atoms with E-state index in [0.29, 0.717) is 12.2 Å². The molecule has 0 atom stereocenters. The molecule has 1 heterocycles. The van der Waals surface area contributed by atoms with Crippen molar-refractivity contribution in [1.29, 1.82) is 0 Å². The van der Waals surface area contributed by atoms with Crippen LogP contribution in [-0.2, 0) is 9.53 Å². The Balaban J connectivity index is 1.32. The van der Waals surface area contributed by atoms with Crippen molar-refractivity contribution in [3.63, 3.8) is 0 Å². The van der Waals surface area contributed by atoms with Crippen molar-refractivity contribution >= 4 is 18.1 Å². The number of esters is 1. The van der Waals surface area contributed by atoms with E-state index in [2.05, 4.69) is 61.5 Å². The molecule has 0 amide bonds. The number of nitrogens with zero attached hydrogens (tertiary/aromatic N) is 1. The molecule has 0 radical (unpaired) electrons. The summed E-state index contributed by atoms with van der Waals surface area (Å²) in [6.07, 6.45) is 17.0. The fourth-order valence-electron chi connectivity index (χ4n) is 4.33. The molecule has 0 unspecified atom stereocenters. The minimum atomic E-state index is -0.286. The number of unbranched alkanes of at least 4 members (excludes halogenated alkanes) is 7. The fourth-order valence-corrected chi connectivity index (χ4v) is 4.33. The highest BCUT2D eigenvalue weighted by Crippen LogP contribution is 2.19. The zero-order valence-corrected chi connectivity index (χ0v) is 24.9. The molecule has 0 aliphatic carbocycles. The summed E-state index contributed by atoms with van der Waals surface area (Å²) in [5, 5.41) is 0. The molecule has 0 bridgehead atoms. The standard InChI is InChI=1S/C37H43NO3/c1-29(2)37(39)41-26-12-10-8-6-5-7-9-11-25-40-36-19-15-32(16-20-36)13-17-34-27-31(4)35(28-30(34)3)18-14-33-21-23-38-24-22-33/h14-16,18-24,27-28H,1,5-12,25-26H2,2-4H3/b18-14+. The molecule has 4 heteroatoms. The zero-order chi connectivity index (χ0) is 29.3. The van der Waals surface area contributed by atoms with Crippen LogP contribution in [0.5, 0.6) is 5.75 Å². The molecule has 0 fully saturated rings. The summed E-state index contributed by atoms with van der Waals surface area (Å²) in [5.41, 5.74) is 7.19. The SMILES string of the molecule is C=C(C)C(=O)OCCCCCCCCCCOc1ccc(C#Cc2cc(C)c(/C=C/c3ccncc3)cc2C)cc1. The largest absolute Gasteiger partial charge is 0.494 e. The van der Waals surface area contributed by atoms with Crippen molar-refractivity contribution in [3.05, 3.63) is 106 Å². The maximum absolute atomic E-state index is 11.3. The van der Waals surface area contributed by atoms with E-state index in [9.17, 15) is 4.79 Å². The lowest BCUT2D eigenvalue weighted by molar-refractivity contribution is -0.139. The van der Waals surface area contributed by atoms with Gasteiger partial charge in [0.25, 0.3) is 0 Å². The molecule has 41 heavy (non-hydrogen) atoms. The van der Waals surface area contributed by atoms with E-state index in [4.69, 9.17) is 9.47 Å². The van der Waals surface area contributed by atoms with Crippen molar-refractivity contribution < 1.29 is 14.3 Å². The first kappa shape index (κ1) is 31.4. The summed E-state index contributed by atoms with van der Waals surface area (Å²) in [4.78, 5) is 15.4. The third-order valence-corrected chi connectivity index (χ3v) is 6.86. The number of carbonyl (C=O) groups excluding carboxylic acids is 1. The molecule has 0 aliphatic heterocycles. The first-order chi connectivity index (χ1) is 19.9. The highest BCUT2D eigenvalue weighted by Gasteiger charge is 2.03. The lowest BCUT2D eigenvalue weighted by atomic mass is 9.99. The molecule has 4 nitrogen and oxygen atoms in total. The Morgan fingerprint density at radius 1 is 0.805 bits per heavy atom. The quantitative estimate of drug-likeness (QED) is 0.0822. The number of hydrogen-bond donors (Lipinski definition) is 0. The smallest absolute Gasteiger partial charge is 0.333 e. The summed E-state index contributed by atoms with van der Waals surface area (Å²) in [5.74, 6) is 7.25. The monoisotopic (exact) mass is 549 g/mol. The van der Waals surface area contributed by atoms with Gasteiger partial charge in [0.1, 0.15) is 5.75 Å². The maximum Gasteiger partial charge on any atom is 0.333 e. The first-order valence-corrected chi connectivity index (χ1v) is 14.7. The Morgan fingerprint density at radius 3 is 2.10 bits per heavy atom. The molecular weight excluding hydrogens is 506 g/mol. The number of benzene rings is 2. The van der Waals surface area contributed by atoms with Crippen LogP contribution in [0.2, 0.25) is 0 Å². The van der Waals surface area contributed by atoms with Gasteiger partial charge in [0, 0.05) is 29.1 Å². The predicted molar refractivity (Wildman–Crippen MR) is 170 cm³/mol. The topological polar surface area (TPSA) is 48.4 Å². The second-order valence-corrected chi connectivity index (χ2v) is 10.5. The Hall–Kier alpha value is -4.10. The highest BCUT2D eigenvalue weighted by atomic mass is 16.5. The Labute approximate surface area is 246 Å². The van der Waals surface area contributed by atoms with Gasteiger partial charge in [-0.15, -0.1) is 0 Å². The molecule has 214 valence electrons. The fraction of sp³-hybridized carbons (Fsp3) is 0.351.